The Kier molecular flexibility index (Phi) is 6.60. The van der Waals surface area contributed by atoms with Crippen LogP contribution in [0.4, 0.5) is 0 Å². The standard InChI is InChI=1S/C12H14N2O4S/c13-10(16)8-18-6-4-14-12(17)11-9(2-1-5-15)3-7-19-11/h3,7,15H,4-6,8H2,(H2,13,16)(H,14,17). The molecule has 1 aromatic rings. The van der Waals surface area contributed by atoms with Crippen LogP contribution in [0, 0.1) is 11.8 Å². The van der Waals surface area contributed by atoms with Crippen LogP contribution in [-0.4, -0.2) is 43.3 Å². The van der Waals surface area contributed by atoms with Crippen molar-refractivity contribution in [2.24, 2.45) is 5.73 Å². The van der Waals surface area contributed by atoms with Gasteiger partial charge in [-0.25, -0.2) is 0 Å². The quantitative estimate of drug-likeness (QED) is 0.475. The molecule has 0 aromatic carbocycles. The first-order valence-corrected chi connectivity index (χ1v) is 6.34. The predicted molar refractivity (Wildman–Crippen MR) is 70.6 cm³/mol. The summed E-state index contributed by atoms with van der Waals surface area (Å²) in [5, 5.41) is 13.0. The van der Waals surface area contributed by atoms with E-state index in [9.17, 15) is 9.59 Å². The lowest BCUT2D eigenvalue weighted by Gasteiger charge is -2.04. The van der Waals surface area contributed by atoms with Crippen LogP contribution in [-0.2, 0) is 9.53 Å². The molecular formula is C12H14N2O4S. The maximum Gasteiger partial charge on any atom is 0.262 e. The Hall–Kier alpha value is -1.88. The Bertz CT molecular complexity index is 501. The molecule has 0 aliphatic rings. The molecule has 1 rings (SSSR count). The topological polar surface area (TPSA) is 102 Å². The van der Waals surface area contributed by atoms with Crippen molar-refractivity contribution in [3.63, 3.8) is 0 Å². The van der Waals surface area contributed by atoms with Crippen LogP contribution in [0.1, 0.15) is 15.2 Å². The van der Waals surface area contributed by atoms with Crippen molar-refractivity contribution in [3.8, 4) is 11.8 Å². The van der Waals surface area contributed by atoms with E-state index in [0.717, 1.165) is 0 Å². The second-order valence-corrected chi connectivity index (χ2v) is 4.31. The number of amides is 2. The van der Waals surface area contributed by atoms with Gasteiger partial charge in [-0.05, 0) is 11.4 Å². The fourth-order valence-corrected chi connectivity index (χ4v) is 1.97. The van der Waals surface area contributed by atoms with Gasteiger partial charge < -0.3 is 20.9 Å². The highest BCUT2D eigenvalue weighted by Gasteiger charge is 2.11. The number of ether oxygens (including phenoxy) is 1. The molecule has 102 valence electrons. The molecule has 0 saturated heterocycles. The number of aliphatic hydroxyl groups is 1. The van der Waals surface area contributed by atoms with Gasteiger partial charge in [-0.1, -0.05) is 11.8 Å². The summed E-state index contributed by atoms with van der Waals surface area (Å²) in [5.41, 5.74) is 5.47. The van der Waals surface area contributed by atoms with E-state index in [1.54, 1.807) is 11.4 Å². The second-order valence-electron chi connectivity index (χ2n) is 3.40. The number of carbonyl (C=O) groups excluding carboxylic acids is 2. The van der Waals surface area contributed by atoms with Crippen molar-refractivity contribution in [3.05, 3.63) is 21.9 Å². The number of hydrogen-bond donors (Lipinski definition) is 3. The molecule has 4 N–H and O–H groups in total. The van der Waals surface area contributed by atoms with Crippen LogP contribution in [0.25, 0.3) is 0 Å². The van der Waals surface area contributed by atoms with Crippen molar-refractivity contribution < 1.29 is 19.4 Å². The minimum Gasteiger partial charge on any atom is -0.384 e. The molecule has 0 saturated carbocycles. The molecule has 1 heterocycles. The molecule has 0 aliphatic carbocycles. The number of thiophene rings is 1. The monoisotopic (exact) mass is 282 g/mol. The summed E-state index contributed by atoms with van der Waals surface area (Å²) in [5.74, 6) is 4.37. The first-order chi connectivity index (χ1) is 9.15. The maximum atomic E-state index is 11.8. The van der Waals surface area contributed by atoms with Crippen molar-refractivity contribution in [1.82, 2.24) is 5.32 Å². The molecule has 2 amide bonds. The number of aliphatic hydroxyl groups excluding tert-OH is 1. The average molecular weight is 282 g/mol. The third-order valence-corrected chi connectivity index (χ3v) is 2.86. The highest BCUT2D eigenvalue weighted by molar-refractivity contribution is 7.12. The number of primary amides is 1. The van der Waals surface area contributed by atoms with Crippen molar-refractivity contribution in [1.29, 1.82) is 0 Å². The summed E-state index contributed by atoms with van der Waals surface area (Å²) in [4.78, 5) is 22.7. The Morgan fingerprint density at radius 2 is 2.32 bits per heavy atom. The van der Waals surface area contributed by atoms with Gasteiger partial charge >= 0.3 is 0 Å². The van der Waals surface area contributed by atoms with Crippen molar-refractivity contribution in [2.75, 3.05) is 26.4 Å². The van der Waals surface area contributed by atoms with Crippen LogP contribution in [0.15, 0.2) is 11.4 Å². The van der Waals surface area contributed by atoms with E-state index in [-0.39, 0.29) is 32.3 Å². The minimum atomic E-state index is -0.550. The van der Waals surface area contributed by atoms with Gasteiger partial charge in [0.1, 0.15) is 18.1 Å². The van der Waals surface area contributed by atoms with Crippen LogP contribution < -0.4 is 11.1 Å². The maximum absolute atomic E-state index is 11.8. The molecular weight excluding hydrogens is 268 g/mol. The highest BCUT2D eigenvalue weighted by Crippen LogP contribution is 2.15. The van der Waals surface area contributed by atoms with Gasteiger partial charge in [-0.15, -0.1) is 11.3 Å². The molecule has 0 fully saturated rings. The summed E-state index contributed by atoms with van der Waals surface area (Å²) in [6.45, 7) is 0.0640. The van der Waals surface area contributed by atoms with E-state index < -0.39 is 5.91 Å². The van der Waals surface area contributed by atoms with Crippen molar-refractivity contribution in [2.45, 2.75) is 0 Å². The molecule has 0 atom stereocenters. The van der Waals surface area contributed by atoms with E-state index >= 15 is 0 Å². The third kappa shape index (κ3) is 5.52. The Labute approximate surface area is 114 Å². The number of nitrogens with one attached hydrogen (secondary N) is 1. The lowest BCUT2D eigenvalue weighted by atomic mass is 10.2. The molecule has 0 aliphatic heterocycles. The van der Waals surface area contributed by atoms with Crippen LogP contribution in [0.2, 0.25) is 0 Å². The van der Waals surface area contributed by atoms with E-state index in [1.807, 2.05) is 0 Å². The van der Waals surface area contributed by atoms with Gasteiger partial charge in [0.25, 0.3) is 5.91 Å². The lowest BCUT2D eigenvalue weighted by Crippen LogP contribution is -2.28. The number of carbonyl (C=O) groups is 2. The molecule has 0 unspecified atom stereocenters. The van der Waals surface area contributed by atoms with Crippen LogP contribution >= 0.6 is 11.3 Å². The van der Waals surface area contributed by atoms with E-state index in [0.29, 0.717) is 10.4 Å². The fraction of sp³-hybridized carbons (Fsp3) is 0.333. The second kappa shape index (κ2) is 8.26. The molecule has 0 bridgehead atoms. The smallest absolute Gasteiger partial charge is 0.262 e. The summed E-state index contributed by atoms with van der Waals surface area (Å²) in [6.07, 6.45) is 0. The highest BCUT2D eigenvalue weighted by atomic mass is 32.1. The molecule has 1 aromatic heterocycles. The molecule has 6 nitrogen and oxygen atoms in total. The predicted octanol–water partition coefficient (Wildman–Crippen LogP) is -0.676. The van der Waals surface area contributed by atoms with Crippen molar-refractivity contribution >= 4 is 23.2 Å². The van der Waals surface area contributed by atoms with Gasteiger partial charge in [0.2, 0.25) is 5.91 Å². The first kappa shape index (κ1) is 15.2. The first-order valence-electron chi connectivity index (χ1n) is 5.46. The van der Waals surface area contributed by atoms with Gasteiger partial charge in [-0.2, -0.15) is 0 Å². The summed E-state index contributed by atoms with van der Waals surface area (Å²) >= 11 is 1.27. The zero-order chi connectivity index (χ0) is 14.1. The Morgan fingerprint density at radius 3 is 3.00 bits per heavy atom. The number of rotatable bonds is 6. The largest absolute Gasteiger partial charge is 0.384 e. The zero-order valence-electron chi connectivity index (χ0n) is 10.1. The number of hydrogen-bond acceptors (Lipinski definition) is 5. The van der Waals surface area contributed by atoms with Gasteiger partial charge in [-0.3, -0.25) is 9.59 Å². The van der Waals surface area contributed by atoms with Gasteiger partial charge in [0.15, 0.2) is 0 Å². The van der Waals surface area contributed by atoms with Gasteiger partial charge in [0, 0.05) is 12.1 Å². The molecule has 0 radical (unpaired) electrons. The molecule has 7 heteroatoms. The molecule has 19 heavy (non-hydrogen) atoms. The summed E-state index contributed by atoms with van der Waals surface area (Å²) < 4.78 is 4.91. The Balaban J connectivity index is 2.41. The molecule has 0 spiro atoms. The average Bonchev–Trinajstić information content (AvgIpc) is 2.83. The van der Waals surface area contributed by atoms with Crippen LogP contribution in [0.3, 0.4) is 0 Å². The third-order valence-electron chi connectivity index (χ3n) is 1.95. The van der Waals surface area contributed by atoms with E-state index in [2.05, 4.69) is 17.2 Å². The number of nitrogens with two attached hydrogens (primary N) is 1. The SMILES string of the molecule is NC(=O)COCCNC(=O)c1sccc1C#CCO. The minimum absolute atomic E-state index is 0.165. The van der Waals surface area contributed by atoms with Gasteiger partial charge in [0.05, 0.1) is 6.61 Å². The Morgan fingerprint density at radius 1 is 1.53 bits per heavy atom. The van der Waals surface area contributed by atoms with Crippen LogP contribution in [0.5, 0.6) is 0 Å². The normalized spacial score (nSPS) is 9.53. The summed E-state index contributed by atoms with van der Waals surface area (Å²) in [7, 11) is 0. The lowest BCUT2D eigenvalue weighted by molar-refractivity contribution is -0.122. The summed E-state index contributed by atoms with van der Waals surface area (Å²) in [6, 6.07) is 1.71. The van der Waals surface area contributed by atoms with E-state index in [1.165, 1.54) is 11.3 Å². The fourth-order valence-electron chi connectivity index (χ4n) is 1.21. The van der Waals surface area contributed by atoms with E-state index in [4.69, 9.17) is 15.6 Å². The zero-order valence-corrected chi connectivity index (χ0v) is 11.0.